The van der Waals surface area contributed by atoms with E-state index in [4.69, 9.17) is 21.1 Å². The van der Waals surface area contributed by atoms with Crippen LogP contribution in [0.1, 0.15) is 67.4 Å². The number of sulfonamides is 1. The van der Waals surface area contributed by atoms with E-state index in [1.54, 1.807) is 25.1 Å². The highest BCUT2D eigenvalue weighted by Gasteiger charge is 2.39. The number of likely N-dealkylation sites (N-methyl/N-ethyl adjacent to an activating group) is 1. The van der Waals surface area contributed by atoms with E-state index < -0.39 is 21.2 Å². The summed E-state index contributed by atoms with van der Waals surface area (Å²) in [5.41, 5.74) is 3.27. The second-order valence-electron chi connectivity index (χ2n) is 14.6. The van der Waals surface area contributed by atoms with Gasteiger partial charge in [0.25, 0.3) is 5.91 Å². The minimum Gasteiger partial charge on any atom is -0.487 e. The van der Waals surface area contributed by atoms with Crippen LogP contribution in [0.3, 0.4) is 0 Å². The summed E-state index contributed by atoms with van der Waals surface area (Å²) in [6.07, 6.45) is 8.98. The third-order valence-electron chi connectivity index (χ3n) is 11.2. The average molecular weight is 727 g/mol. The number of aryl methyl sites for hydroxylation is 1. The molecule has 3 aliphatic heterocycles. The molecule has 1 aliphatic carbocycles. The number of anilines is 1. The number of hydrogen-bond donors (Lipinski definition) is 1. The quantitative estimate of drug-likeness (QED) is 0.426. The minimum atomic E-state index is -3.97. The number of allylic oxidation sites excluding steroid dienone is 1. The second-order valence-corrected chi connectivity index (χ2v) is 17.0. The van der Waals surface area contributed by atoms with E-state index >= 15 is 0 Å². The molecular weight excluding hydrogens is 676 g/mol. The van der Waals surface area contributed by atoms with E-state index in [0.717, 1.165) is 69.5 Å². The average Bonchev–Trinajstić information content (AvgIpc) is 3.11. The number of fused-ring (bicyclic) bond motifs is 3. The summed E-state index contributed by atoms with van der Waals surface area (Å²) in [5.74, 6) is 0.214. The molecule has 3 heterocycles. The number of carbonyl (C=O) groups is 2. The van der Waals surface area contributed by atoms with Crippen LogP contribution in [-0.4, -0.2) is 94.3 Å². The second kappa shape index (κ2) is 16.0. The third-order valence-corrected chi connectivity index (χ3v) is 13.4. The summed E-state index contributed by atoms with van der Waals surface area (Å²) in [6, 6.07) is 11.1. The lowest BCUT2D eigenvalue weighted by atomic mass is 9.70. The Bertz CT molecular complexity index is 1680. The van der Waals surface area contributed by atoms with E-state index in [2.05, 4.69) is 21.6 Å². The molecule has 12 heteroatoms. The van der Waals surface area contributed by atoms with Crippen molar-refractivity contribution >= 4 is 39.1 Å². The van der Waals surface area contributed by atoms with Crippen LogP contribution in [0.5, 0.6) is 5.75 Å². The zero-order valence-electron chi connectivity index (χ0n) is 29.5. The zero-order chi connectivity index (χ0) is 35.4. The van der Waals surface area contributed by atoms with Crippen LogP contribution in [0.25, 0.3) is 0 Å². The van der Waals surface area contributed by atoms with Gasteiger partial charge in [-0.1, -0.05) is 36.7 Å². The highest BCUT2D eigenvalue weighted by atomic mass is 35.5. The molecule has 5 atom stereocenters. The summed E-state index contributed by atoms with van der Waals surface area (Å²) in [6.45, 7) is 8.42. The topological polar surface area (TPSA) is 108 Å². The van der Waals surface area contributed by atoms with Crippen LogP contribution in [0.2, 0.25) is 5.02 Å². The van der Waals surface area contributed by atoms with Gasteiger partial charge in [-0.05, 0) is 112 Å². The maximum absolute atomic E-state index is 13.5. The first kappa shape index (κ1) is 36.7. The molecule has 1 saturated heterocycles. The largest absolute Gasteiger partial charge is 0.487 e. The minimum absolute atomic E-state index is 0.00591. The van der Waals surface area contributed by atoms with Crippen molar-refractivity contribution < 1.29 is 27.5 Å². The predicted octanol–water partition coefficient (Wildman–Crippen LogP) is 5.29. The molecule has 1 N–H and O–H groups in total. The van der Waals surface area contributed by atoms with E-state index in [0.29, 0.717) is 42.8 Å². The lowest BCUT2D eigenvalue weighted by Crippen LogP contribution is -2.49. The summed E-state index contributed by atoms with van der Waals surface area (Å²) in [4.78, 5) is 33.1. The highest BCUT2D eigenvalue weighted by molar-refractivity contribution is 7.90. The fourth-order valence-electron chi connectivity index (χ4n) is 7.46. The van der Waals surface area contributed by atoms with Gasteiger partial charge in [-0.3, -0.25) is 9.59 Å². The Kier molecular flexibility index (Phi) is 11.8. The Hall–Kier alpha value is -3.12. The Morgan fingerprint density at radius 3 is 2.58 bits per heavy atom. The molecule has 4 aliphatic rings. The standard InChI is InChI=1S/C38H51ClN4O6S/c1-26-7-6-9-35(49-25-37(44)42-19-17-41(3)18-20-42)33-14-11-30(33)23-43-16-5-4-8-28-21-32(39)13-10-31(28)24-48-36-15-12-29(22-34(36)43)38(45)40-50(46,47)27(26)2/h6,9-10,12-13,15,21-22,26-27,30,33,35H,4-5,7-8,11,14,16-20,23-25H2,1-3H3,(H,40,45)/b9-6+/t26-,27+,30-,33+,35-/m0/s1. The molecule has 10 nitrogen and oxygen atoms in total. The molecular formula is C38H51ClN4O6S. The van der Waals surface area contributed by atoms with Crippen LogP contribution in [0, 0.1) is 17.8 Å². The fraction of sp³-hybridized carbons (Fsp3) is 0.579. The highest BCUT2D eigenvalue weighted by Crippen LogP contribution is 2.42. The lowest BCUT2D eigenvalue weighted by Gasteiger charge is -2.44. The Balaban J connectivity index is 1.31. The summed E-state index contributed by atoms with van der Waals surface area (Å²) in [7, 11) is -1.90. The van der Waals surface area contributed by atoms with Gasteiger partial charge in [0.1, 0.15) is 19.0 Å². The van der Waals surface area contributed by atoms with Crippen LogP contribution in [-0.2, 0) is 32.6 Å². The summed E-state index contributed by atoms with van der Waals surface area (Å²) in [5, 5.41) is -0.113. The van der Waals surface area contributed by atoms with E-state index in [9.17, 15) is 18.0 Å². The van der Waals surface area contributed by atoms with Crippen molar-refractivity contribution in [3.8, 4) is 5.75 Å². The molecule has 50 heavy (non-hydrogen) atoms. The lowest BCUT2D eigenvalue weighted by molar-refractivity contribution is -0.141. The van der Waals surface area contributed by atoms with E-state index in [1.165, 1.54) is 5.56 Å². The van der Waals surface area contributed by atoms with Crippen molar-refractivity contribution in [3.05, 3.63) is 70.3 Å². The van der Waals surface area contributed by atoms with Crippen molar-refractivity contribution in [2.45, 2.75) is 70.3 Å². The predicted molar refractivity (Wildman–Crippen MR) is 196 cm³/mol. The van der Waals surface area contributed by atoms with Gasteiger partial charge in [-0.15, -0.1) is 0 Å². The van der Waals surface area contributed by atoms with Crippen molar-refractivity contribution in [2.75, 3.05) is 57.8 Å². The SMILES string of the molecule is C[C@@H]1[C@@H](C)C/C=C/[C@H](OCC(=O)N2CCN(C)CC2)[C@@H]2CC[C@H]2CN2CCCCc3cc(Cl)ccc3COc3ccc(cc32)C(=O)NS1(=O)=O. The number of rotatable bonds is 3. The number of piperazine rings is 1. The molecule has 1 saturated carbocycles. The van der Waals surface area contributed by atoms with Gasteiger partial charge in [-0.25, -0.2) is 13.1 Å². The Labute approximate surface area is 302 Å². The molecule has 0 radical (unpaired) electrons. The van der Waals surface area contributed by atoms with Gasteiger partial charge in [0.05, 0.1) is 17.0 Å². The van der Waals surface area contributed by atoms with Crippen molar-refractivity contribution in [2.24, 2.45) is 17.8 Å². The first-order valence-electron chi connectivity index (χ1n) is 18.1. The smallest absolute Gasteiger partial charge is 0.264 e. The molecule has 0 spiro atoms. The van der Waals surface area contributed by atoms with E-state index in [1.807, 2.05) is 42.2 Å². The van der Waals surface area contributed by atoms with Gasteiger partial charge in [0.2, 0.25) is 15.9 Å². The maximum Gasteiger partial charge on any atom is 0.264 e. The Morgan fingerprint density at radius 1 is 1.02 bits per heavy atom. The summed E-state index contributed by atoms with van der Waals surface area (Å²) < 4.78 is 42.1. The molecule has 6 rings (SSSR count). The van der Waals surface area contributed by atoms with Crippen molar-refractivity contribution in [1.82, 2.24) is 14.5 Å². The first-order chi connectivity index (χ1) is 24.0. The van der Waals surface area contributed by atoms with Gasteiger partial charge >= 0.3 is 0 Å². The normalized spacial score (nSPS) is 28.5. The zero-order valence-corrected chi connectivity index (χ0v) is 31.1. The van der Waals surface area contributed by atoms with Crippen LogP contribution < -0.4 is 14.4 Å². The maximum atomic E-state index is 13.5. The molecule has 2 aromatic carbocycles. The number of halogens is 1. The number of benzene rings is 2. The molecule has 2 fully saturated rings. The molecule has 0 unspecified atom stereocenters. The molecule has 2 aromatic rings. The fourth-order valence-corrected chi connectivity index (χ4v) is 8.94. The summed E-state index contributed by atoms with van der Waals surface area (Å²) >= 11 is 6.36. The van der Waals surface area contributed by atoms with Crippen LogP contribution in [0.15, 0.2) is 48.6 Å². The molecule has 0 aromatic heterocycles. The molecule has 2 bridgehead atoms. The molecule has 272 valence electrons. The number of carbonyl (C=O) groups excluding carboxylic acids is 2. The van der Waals surface area contributed by atoms with Crippen molar-refractivity contribution in [1.29, 1.82) is 0 Å². The van der Waals surface area contributed by atoms with Crippen LogP contribution >= 0.6 is 11.6 Å². The van der Waals surface area contributed by atoms with Gasteiger partial charge < -0.3 is 24.2 Å². The van der Waals surface area contributed by atoms with Crippen molar-refractivity contribution in [3.63, 3.8) is 0 Å². The third kappa shape index (κ3) is 8.66. The monoisotopic (exact) mass is 726 g/mol. The van der Waals surface area contributed by atoms with Gasteiger partial charge in [0, 0.05) is 49.9 Å². The Morgan fingerprint density at radius 2 is 1.82 bits per heavy atom. The van der Waals surface area contributed by atoms with Crippen LogP contribution in [0.4, 0.5) is 5.69 Å². The van der Waals surface area contributed by atoms with Gasteiger partial charge in [0.15, 0.2) is 0 Å². The number of hydrogen-bond acceptors (Lipinski definition) is 8. The first-order valence-corrected chi connectivity index (χ1v) is 20.0. The number of ether oxygens (including phenoxy) is 2. The number of nitrogens with one attached hydrogen (secondary N) is 1. The molecule has 2 amide bonds. The number of nitrogens with zero attached hydrogens (tertiary/aromatic N) is 3. The van der Waals surface area contributed by atoms with E-state index in [-0.39, 0.29) is 36.0 Å². The number of amides is 2. The van der Waals surface area contributed by atoms with Gasteiger partial charge in [-0.2, -0.15) is 0 Å².